The lowest BCUT2D eigenvalue weighted by Crippen LogP contribution is -2.40. The van der Waals surface area contributed by atoms with Gasteiger partial charge < -0.3 is 14.2 Å². The molecule has 1 aromatic rings. The summed E-state index contributed by atoms with van der Waals surface area (Å²) < 4.78 is 16.7. The molecule has 0 aromatic heterocycles. The average Bonchev–Trinajstić information content (AvgIpc) is 2.98. The van der Waals surface area contributed by atoms with Gasteiger partial charge >= 0.3 is 5.97 Å². The zero-order chi connectivity index (χ0) is 22.0. The normalized spacial score (nSPS) is 21.0. The molecule has 0 aliphatic carbocycles. The summed E-state index contributed by atoms with van der Waals surface area (Å²) in [6.07, 6.45) is 0. The molecule has 2 aliphatic rings. The van der Waals surface area contributed by atoms with Gasteiger partial charge in [0.15, 0.2) is 16.7 Å². The van der Waals surface area contributed by atoms with E-state index in [4.69, 9.17) is 14.2 Å². The number of fused-ring (bicyclic) bond motifs is 1. The van der Waals surface area contributed by atoms with E-state index in [9.17, 15) is 9.59 Å². The van der Waals surface area contributed by atoms with Crippen molar-refractivity contribution in [3.63, 3.8) is 0 Å². The van der Waals surface area contributed by atoms with Gasteiger partial charge in [-0.15, -0.1) is 0 Å². The molecular weight excluding hydrogens is 404 g/mol. The van der Waals surface area contributed by atoms with Crippen molar-refractivity contribution in [2.45, 2.75) is 45.9 Å². The van der Waals surface area contributed by atoms with Crippen molar-refractivity contribution >= 4 is 28.8 Å². The minimum absolute atomic E-state index is 0.0860. The number of allylic oxidation sites excluding steroid dienone is 1. The number of benzene rings is 1. The standard InChI is InChI=1S/C22H28N2O5S/c1-7-28-21(26)18-13(4)23-22-24(20(25)14(5)30-22)19(18)15-8-9-16(17(10-15)27-6)29-11-12(2)3/h8-10,12,14,19H,7,11H2,1-6H3. The molecule has 2 unspecified atom stereocenters. The van der Waals surface area contributed by atoms with Crippen molar-refractivity contribution in [2.75, 3.05) is 20.3 Å². The maximum Gasteiger partial charge on any atom is 0.338 e. The van der Waals surface area contributed by atoms with Crippen molar-refractivity contribution in [3.05, 3.63) is 35.0 Å². The van der Waals surface area contributed by atoms with Crippen LogP contribution in [0.15, 0.2) is 34.5 Å². The fourth-order valence-corrected chi connectivity index (χ4v) is 4.45. The van der Waals surface area contributed by atoms with Crippen LogP contribution < -0.4 is 9.47 Å². The molecular formula is C22H28N2O5S. The second-order valence-electron chi connectivity index (χ2n) is 7.60. The van der Waals surface area contributed by atoms with Crippen molar-refractivity contribution in [1.82, 2.24) is 4.90 Å². The number of nitrogens with zero attached hydrogens (tertiary/aromatic N) is 2. The second-order valence-corrected chi connectivity index (χ2v) is 8.91. The van der Waals surface area contributed by atoms with E-state index in [1.54, 1.807) is 25.9 Å². The summed E-state index contributed by atoms with van der Waals surface area (Å²) in [5.74, 6) is 0.976. The number of carbonyl (C=O) groups is 2. The number of hydrogen-bond acceptors (Lipinski definition) is 7. The predicted molar refractivity (Wildman–Crippen MR) is 117 cm³/mol. The molecule has 2 aliphatic heterocycles. The summed E-state index contributed by atoms with van der Waals surface area (Å²) in [4.78, 5) is 31.9. The summed E-state index contributed by atoms with van der Waals surface area (Å²) >= 11 is 1.40. The minimum atomic E-state index is -0.630. The van der Waals surface area contributed by atoms with Crippen LogP contribution in [0.2, 0.25) is 0 Å². The molecule has 0 spiro atoms. The van der Waals surface area contributed by atoms with E-state index in [2.05, 4.69) is 18.8 Å². The Balaban J connectivity index is 2.08. The Morgan fingerprint density at radius 2 is 2.03 bits per heavy atom. The highest BCUT2D eigenvalue weighted by Crippen LogP contribution is 2.44. The minimum Gasteiger partial charge on any atom is -0.493 e. The van der Waals surface area contributed by atoms with Gasteiger partial charge in [-0.2, -0.15) is 0 Å². The first-order chi connectivity index (χ1) is 14.3. The molecule has 1 amide bonds. The van der Waals surface area contributed by atoms with Crippen LogP contribution in [0.4, 0.5) is 0 Å². The highest BCUT2D eigenvalue weighted by Gasteiger charge is 2.46. The molecule has 0 N–H and O–H groups in total. The number of esters is 1. The highest BCUT2D eigenvalue weighted by molar-refractivity contribution is 8.15. The topological polar surface area (TPSA) is 77.4 Å². The zero-order valence-electron chi connectivity index (χ0n) is 18.2. The van der Waals surface area contributed by atoms with E-state index < -0.39 is 12.0 Å². The second kappa shape index (κ2) is 9.12. The van der Waals surface area contributed by atoms with E-state index in [1.807, 2.05) is 25.1 Å². The van der Waals surface area contributed by atoms with Gasteiger partial charge in [-0.1, -0.05) is 31.7 Å². The molecule has 0 radical (unpaired) electrons. The van der Waals surface area contributed by atoms with Crippen LogP contribution in [-0.4, -0.2) is 47.5 Å². The first-order valence-corrected chi connectivity index (χ1v) is 10.9. The average molecular weight is 433 g/mol. The van der Waals surface area contributed by atoms with E-state index in [0.717, 1.165) is 5.56 Å². The summed E-state index contributed by atoms with van der Waals surface area (Å²) in [6, 6.07) is 4.86. The number of carbonyl (C=O) groups excluding carboxylic acids is 2. The summed E-state index contributed by atoms with van der Waals surface area (Å²) in [5, 5.41) is 0.332. The maximum absolute atomic E-state index is 12.9. The third-order valence-corrected chi connectivity index (χ3v) is 5.88. The third kappa shape index (κ3) is 4.19. The summed E-state index contributed by atoms with van der Waals surface area (Å²) in [5.41, 5.74) is 1.65. The van der Waals surface area contributed by atoms with Crippen LogP contribution in [-0.2, 0) is 14.3 Å². The quantitative estimate of drug-likeness (QED) is 0.608. The smallest absolute Gasteiger partial charge is 0.338 e. The third-order valence-electron chi connectivity index (χ3n) is 4.83. The Morgan fingerprint density at radius 3 is 2.67 bits per heavy atom. The maximum atomic E-state index is 12.9. The van der Waals surface area contributed by atoms with E-state index >= 15 is 0 Å². The predicted octanol–water partition coefficient (Wildman–Crippen LogP) is 3.94. The number of thioether (sulfide) groups is 1. The largest absolute Gasteiger partial charge is 0.493 e. The first kappa shape index (κ1) is 22.2. The Morgan fingerprint density at radius 1 is 1.30 bits per heavy atom. The first-order valence-electron chi connectivity index (χ1n) is 10.1. The van der Waals surface area contributed by atoms with Gasteiger partial charge in [-0.05, 0) is 44.4 Å². The number of ether oxygens (including phenoxy) is 3. The number of hydrogen-bond donors (Lipinski definition) is 0. The van der Waals surface area contributed by atoms with Gasteiger partial charge in [0.05, 0.1) is 42.9 Å². The van der Waals surface area contributed by atoms with Crippen molar-refractivity contribution in [2.24, 2.45) is 10.9 Å². The fourth-order valence-electron chi connectivity index (χ4n) is 3.42. The molecule has 1 saturated heterocycles. The Labute approximate surface area is 181 Å². The molecule has 30 heavy (non-hydrogen) atoms. The lowest BCUT2D eigenvalue weighted by atomic mass is 9.94. The van der Waals surface area contributed by atoms with Gasteiger partial charge in [0.25, 0.3) is 0 Å². The molecule has 2 atom stereocenters. The van der Waals surface area contributed by atoms with Gasteiger partial charge in [-0.25, -0.2) is 9.79 Å². The van der Waals surface area contributed by atoms with Crippen LogP contribution in [0.5, 0.6) is 11.5 Å². The molecule has 162 valence electrons. The van der Waals surface area contributed by atoms with Gasteiger partial charge in [-0.3, -0.25) is 9.69 Å². The van der Waals surface area contributed by atoms with E-state index in [0.29, 0.717) is 40.5 Å². The number of aliphatic imine (C=N–C) groups is 1. The number of amidine groups is 1. The van der Waals surface area contributed by atoms with Gasteiger partial charge in [0.2, 0.25) is 5.91 Å². The number of amides is 1. The zero-order valence-corrected chi connectivity index (χ0v) is 19.0. The Bertz CT molecular complexity index is 909. The van der Waals surface area contributed by atoms with Gasteiger partial charge in [0.1, 0.15) is 0 Å². The molecule has 3 rings (SSSR count). The van der Waals surface area contributed by atoms with Gasteiger partial charge in [0, 0.05) is 0 Å². The van der Waals surface area contributed by atoms with Crippen molar-refractivity contribution in [1.29, 1.82) is 0 Å². The molecule has 1 fully saturated rings. The Hall–Kier alpha value is -2.48. The molecule has 0 saturated carbocycles. The molecule has 8 heteroatoms. The highest BCUT2D eigenvalue weighted by atomic mass is 32.2. The molecule has 7 nitrogen and oxygen atoms in total. The van der Waals surface area contributed by atoms with Crippen molar-refractivity contribution < 1.29 is 23.8 Å². The van der Waals surface area contributed by atoms with Crippen molar-refractivity contribution in [3.8, 4) is 11.5 Å². The summed E-state index contributed by atoms with van der Waals surface area (Å²) in [6.45, 7) is 10.3. The van der Waals surface area contributed by atoms with Crippen LogP contribution in [0.25, 0.3) is 0 Å². The Kier molecular flexibility index (Phi) is 6.75. The van der Waals surface area contributed by atoms with E-state index in [1.165, 1.54) is 11.8 Å². The van der Waals surface area contributed by atoms with Crippen LogP contribution in [0, 0.1) is 5.92 Å². The summed E-state index contributed by atoms with van der Waals surface area (Å²) in [7, 11) is 1.57. The van der Waals surface area contributed by atoms with Crippen LogP contribution >= 0.6 is 11.8 Å². The lowest BCUT2D eigenvalue weighted by Gasteiger charge is -2.33. The van der Waals surface area contributed by atoms with E-state index in [-0.39, 0.29) is 17.8 Å². The van der Waals surface area contributed by atoms with Crippen LogP contribution in [0.1, 0.15) is 46.2 Å². The fraction of sp³-hybridized carbons (Fsp3) is 0.500. The SMILES string of the molecule is CCOC(=O)C1=C(C)N=C2SC(C)C(=O)N2C1c1ccc(OCC(C)C)c(OC)c1. The monoisotopic (exact) mass is 432 g/mol. The van der Waals surface area contributed by atoms with Crippen LogP contribution in [0.3, 0.4) is 0 Å². The molecule has 1 aromatic carbocycles. The molecule has 2 heterocycles. The number of methoxy groups -OCH3 is 1. The lowest BCUT2D eigenvalue weighted by molar-refractivity contribution is -0.139. The molecule has 0 bridgehead atoms. The number of rotatable bonds is 7.